The van der Waals surface area contributed by atoms with Crippen LogP contribution in [0.4, 0.5) is 0 Å². The lowest BCUT2D eigenvalue weighted by Crippen LogP contribution is -2.32. The van der Waals surface area contributed by atoms with E-state index in [4.69, 9.17) is 19.7 Å². The molecule has 3 aromatic rings. The van der Waals surface area contributed by atoms with Crippen LogP contribution in [0.3, 0.4) is 0 Å². The third-order valence-corrected chi connectivity index (χ3v) is 4.67. The minimum Gasteiger partial charge on any atom is -0.497 e. The number of hydrogen-bond acceptors (Lipinski definition) is 5. The molecule has 0 amide bonds. The third kappa shape index (κ3) is 3.15. The Bertz CT molecular complexity index is 956. The molecule has 6 heteroatoms. The lowest BCUT2D eigenvalue weighted by atomic mass is 10.1. The maximum atomic E-state index is 8.87. The first-order valence-electron chi connectivity index (χ1n) is 8.61. The minimum atomic E-state index is 0.190. The third-order valence-electron chi connectivity index (χ3n) is 4.67. The van der Waals surface area contributed by atoms with Crippen LogP contribution in [0.5, 0.6) is 5.75 Å². The van der Waals surface area contributed by atoms with Crippen LogP contribution in [-0.2, 0) is 17.9 Å². The van der Waals surface area contributed by atoms with Crippen molar-refractivity contribution in [3.63, 3.8) is 0 Å². The highest BCUT2D eigenvalue weighted by molar-refractivity contribution is 5.78. The first-order valence-corrected chi connectivity index (χ1v) is 8.61. The molecule has 0 fully saturated rings. The van der Waals surface area contributed by atoms with Gasteiger partial charge in [-0.2, -0.15) is 5.26 Å². The topological polar surface area (TPSA) is 72.1 Å². The first-order chi connectivity index (χ1) is 12.8. The van der Waals surface area contributed by atoms with Crippen LogP contribution in [0.2, 0.25) is 0 Å². The van der Waals surface area contributed by atoms with Crippen LogP contribution in [0.25, 0.3) is 11.0 Å². The number of fused-ring (bicyclic) bond motifs is 3. The van der Waals surface area contributed by atoms with E-state index >= 15 is 0 Å². The van der Waals surface area contributed by atoms with E-state index in [-0.39, 0.29) is 6.04 Å². The standard InChI is InChI=1S/C20H20N4O2/c1-25-17-6-7-19-18(8-17)23-20-13-26-12-16(24(19)20)11-22-10-15-4-2-14(9-21)3-5-15/h2-8,16,22H,10-13H2,1H3. The summed E-state index contributed by atoms with van der Waals surface area (Å²) in [6, 6.07) is 16.0. The highest BCUT2D eigenvalue weighted by Gasteiger charge is 2.23. The van der Waals surface area contributed by atoms with Crippen molar-refractivity contribution in [2.24, 2.45) is 0 Å². The second-order valence-electron chi connectivity index (χ2n) is 6.36. The van der Waals surface area contributed by atoms with E-state index in [1.807, 2.05) is 36.4 Å². The molecule has 2 aromatic carbocycles. The summed E-state index contributed by atoms with van der Waals surface area (Å²) in [5.74, 6) is 1.76. The molecule has 132 valence electrons. The van der Waals surface area contributed by atoms with Crippen LogP contribution in [-0.4, -0.2) is 29.8 Å². The Morgan fingerprint density at radius 2 is 2.15 bits per heavy atom. The molecule has 0 aliphatic carbocycles. The Labute approximate surface area is 152 Å². The van der Waals surface area contributed by atoms with Gasteiger partial charge in [0.2, 0.25) is 0 Å². The van der Waals surface area contributed by atoms with E-state index in [0.29, 0.717) is 18.8 Å². The smallest absolute Gasteiger partial charge is 0.136 e. The fourth-order valence-corrected chi connectivity index (χ4v) is 3.36. The summed E-state index contributed by atoms with van der Waals surface area (Å²) in [6.07, 6.45) is 0. The van der Waals surface area contributed by atoms with Gasteiger partial charge < -0.3 is 19.4 Å². The van der Waals surface area contributed by atoms with E-state index in [9.17, 15) is 0 Å². The van der Waals surface area contributed by atoms with Gasteiger partial charge in [0.25, 0.3) is 0 Å². The predicted molar refractivity (Wildman–Crippen MR) is 97.8 cm³/mol. The zero-order valence-electron chi connectivity index (χ0n) is 14.6. The van der Waals surface area contributed by atoms with E-state index in [2.05, 4.69) is 22.0 Å². The predicted octanol–water partition coefficient (Wildman–Crippen LogP) is 2.78. The zero-order valence-corrected chi connectivity index (χ0v) is 14.6. The average molecular weight is 348 g/mol. The summed E-state index contributed by atoms with van der Waals surface area (Å²) in [5, 5.41) is 12.4. The molecule has 2 heterocycles. The molecule has 6 nitrogen and oxygen atoms in total. The Morgan fingerprint density at radius 1 is 1.31 bits per heavy atom. The summed E-state index contributed by atoms with van der Waals surface area (Å²) < 4.78 is 13.3. The molecule has 1 atom stereocenters. The molecule has 0 radical (unpaired) electrons. The second-order valence-corrected chi connectivity index (χ2v) is 6.36. The Hall–Kier alpha value is -2.88. The van der Waals surface area contributed by atoms with Gasteiger partial charge in [0.05, 0.1) is 42.4 Å². The fraction of sp³-hybridized carbons (Fsp3) is 0.300. The first kappa shape index (κ1) is 16.6. The Kier molecular flexibility index (Phi) is 4.57. The van der Waals surface area contributed by atoms with Gasteiger partial charge >= 0.3 is 0 Å². The molecule has 1 N–H and O–H groups in total. The number of nitrogens with zero attached hydrogens (tertiary/aromatic N) is 3. The number of methoxy groups -OCH3 is 1. The van der Waals surface area contributed by atoms with Crippen LogP contribution in [0, 0.1) is 11.3 Å². The van der Waals surface area contributed by atoms with Gasteiger partial charge in [-0.1, -0.05) is 12.1 Å². The molecular weight excluding hydrogens is 328 g/mol. The van der Waals surface area contributed by atoms with E-state index in [1.54, 1.807) is 7.11 Å². The summed E-state index contributed by atoms with van der Waals surface area (Å²) in [4.78, 5) is 4.70. The van der Waals surface area contributed by atoms with Crippen LogP contribution in [0.15, 0.2) is 42.5 Å². The lowest BCUT2D eigenvalue weighted by molar-refractivity contribution is 0.0564. The molecule has 0 saturated heterocycles. The van der Waals surface area contributed by atoms with Gasteiger partial charge in [-0.15, -0.1) is 0 Å². The summed E-state index contributed by atoms with van der Waals surface area (Å²) >= 11 is 0. The quantitative estimate of drug-likeness (QED) is 0.768. The van der Waals surface area contributed by atoms with Crippen molar-refractivity contribution in [3.05, 3.63) is 59.4 Å². The number of benzene rings is 2. The molecule has 26 heavy (non-hydrogen) atoms. The number of rotatable bonds is 5. The molecule has 1 aromatic heterocycles. The second kappa shape index (κ2) is 7.16. The summed E-state index contributed by atoms with van der Waals surface area (Å²) in [5.41, 5.74) is 3.87. The SMILES string of the molecule is COc1ccc2c(c1)nc1n2C(CNCc2ccc(C#N)cc2)COC1. The number of nitrogens with one attached hydrogen (secondary N) is 1. The van der Waals surface area contributed by atoms with Gasteiger partial charge in [0.1, 0.15) is 18.2 Å². The van der Waals surface area contributed by atoms with Crippen molar-refractivity contribution in [2.75, 3.05) is 20.3 Å². The maximum absolute atomic E-state index is 8.87. The molecule has 0 saturated carbocycles. The van der Waals surface area contributed by atoms with E-state index in [0.717, 1.165) is 41.3 Å². The normalized spacial score (nSPS) is 16.2. The van der Waals surface area contributed by atoms with Gasteiger partial charge in [-0.25, -0.2) is 4.98 Å². The Morgan fingerprint density at radius 3 is 2.92 bits per heavy atom. The van der Waals surface area contributed by atoms with E-state index in [1.165, 1.54) is 0 Å². The monoisotopic (exact) mass is 348 g/mol. The lowest BCUT2D eigenvalue weighted by Gasteiger charge is -2.26. The van der Waals surface area contributed by atoms with Crippen molar-refractivity contribution in [1.29, 1.82) is 5.26 Å². The molecule has 4 rings (SSSR count). The number of nitriles is 1. The van der Waals surface area contributed by atoms with Crippen LogP contribution >= 0.6 is 0 Å². The molecule has 0 spiro atoms. The summed E-state index contributed by atoms with van der Waals surface area (Å²) in [7, 11) is 1.66. The molecule has 1 aliphatic heterocycles. The molecular formula is C20H20N4O2. The highest BCUT2D eigenvalue weighted by atomic mass is 16.5. The van der Waals surface area contributed by atoms with Gasteiger partial charge in [0, 0.05) is 19.2 Å². The summed E-state index contributed by atoms with van der Waals surface area (Å²) in [6.45, 7) is 2.72. The van der Waals surface area contributed by atoms with Crippen molar-refractivity contribution in [3.8, 4) is 11.8 Å². The van der Waals surface area contributed by atoms with Gasteiger partial charge in [-0.3, -0.25) is 0 Å². The molecule has 1 aliphatic rings. The number of aromatic nitrogens is 2. The fourth-order valence-electron chi connectivity index (χ4n) is 3.36. The van der Waals surface area contributed by atoms with Crippen molar-refractivity contribution >= 4 is 11.0 Å². The Balaban J connectivity index is 1.49. The molecule has 1 unspecified atom stereocenters. The number of hydrogen-bond donors (Lipinski definition) is 1. The average Bonchev–Trinajstić information content (AvgIpc) is 3.07. The van der Waals surface area contributed by atoms with Gasteiger partial charge in [-0.05, 0) is 29.8 Å². The van der Waals surface area contributed by atoms with Crippen molar-refractivity contribution in [1.82, 2.24) is 14.9 Å². The van der Waals surface area contributed by atoms with Gasteiger partial charge in [0.15, 0.2) is 0 Å². The largest absolute Gasteiger partial charge is 0.497 e. The van der Waals surface area contributed by atoms with E-state index < -0.39 is 0 Å². The van der Waals surface area contributed by atoms with Crippen LogP contribution in [0.1, 0.15) is 23.0 Å². The number of imidazole rings is 1. The number of ether oxygens (including phenoxy) is 2. The minimum absolute atomic E-state index is 0.190. The van der Waals surface area contributed by atoms with Crippen LogP contribution < -0.4 is 10.1 Å². The van der Waals surface area contributed by atoms with Crippen molar-refractivity contribution < 1.29 is 9.47 Å². The molecule has 0 bridgehead atoms. The zero-order chi connectivity index (χ0) is 17.9. The highest BCUT2D eigenvalue weighted by Crippen LogP contribution is 2.28. The van der Waals surface area contributed by atoms with Crippen molar-refractivity contribution in [2.45, 2.75) is 19.2 Å². The maximum Gasteiger partial charge on any atom is 0.136 e.